The zero-order valence-corrected chi connectivity index (χ0v) is 13.1. The Balaban J connectivity index is 1.61. The normalized spacial score (nSPS) is 20.1. The molecular formula is C17H17N3OS. The molecule has 1 atom stereocenters. The van der Waals surface area contributed by atoms with Crippen LogP contribution >= 0.6 is 11.8 Å². The minimum Gasteiger partial charge on any atom is -0.326 e. The number of thioether (sulfide) groups is 1. The zero-order chi connectivity index (χ0) is 15.4. The highest BCUT2D eigenvalue weighted by Gasteiger charge is 2.34. The molecule has 2 aromatic rings. The first-order valence-corrected chi connectivity index (χ1v) is 7.90. The number of carbonyl (C=O) groups is 1. The molecule has 1 aliphatic heterocycles. The second kappa shape index (κ2) is 6.23. The van der Waals surface area contributed by atoms with Gasteiger partial charge in [0.05, 0.1) is 6.42 Å². The Hall–Kier alpha value is -2.27. The van der Waals surface area contributed by atoms with Crippen molar-refractivity contribution in [3.8, 4) is 0 Å². The maximum Gasteiger partial charge on any atom is 0.227 e. The van der Waals surface area contributed by atoms with Gasteiger partial charge in [0.1, 0.15) is 9.91 Å². The van der Waals surface area contributed by atoms with Crippen LogP contribution in [0.15, 0.2) is 65.8 Å². The van der Waals surface area contributed by atoms with Gasteiger partial charge in [-0.25, -0.2) is 0 Å². The number of para-hydroxylation sites is 1. The lowest BCUT2D eigenvalue weighted by Crippen LogP contribution is -2.36. The lowest BCUT2D eigenvalue weighted by molar-refractivity contribution is -0.116. The number of anilines is 1. The van der Waals surface area contributed by atoms with Gasteiger partial charge in [-0.1, -0.05) is 60.3 Å². The highest BCUT2D eigenvalue weighted by atomic mass is 32.2. The number of hydrogen-bond acceptors (Lipinski definition) is 4. The van der Waals surface area contributed by atoms with Crippen LogP contribution in [-0.4, -0.2) is 15.8 Å². The maximum absolute atomic E-state index is 12.2. The van der Waals surface area contributed by atoms with E-state index in [4.69, 9.17) is 0 Å². The van der Waals surface area contributed by atoms with E-state index in [-0.39, 0.29) is 5.91 Å². The lowest BCUT2D eigenvalue weighted by Gasteiger charge is -2.21. The largest absolute Gasteiger partial charge is 0.326 e. The standard InChI is InChI=1S/C17H17N3OS/c1-17(12-15(21)18-14-10-6-3-7-11-14)20-19-16(22-17)13-8-4-2-5-9-13/h2-11,20H,12H2,1H3,(H,18,21)/t17-/m1/s1. The first kappa shape index (κ1) is 14.7. The summed E-state index contributed by atoms with van der Waals surface area (Å²) in [5.74, 6) is -0.0294. The molecule has 0 aliphatic carbocycles. The Morgan fingerprint density at radius 1 is 1.14 bits per heavy atom. The van der Waals surface area contributed by atoms with E-state index in [0.717, 1.165) is 16.3 Å². The Morgan fingerprint density at radius 3 is 2.45 bits per heavy atom. The Morgan fingerprint density at radius 2 is 1.77 bits per heavy atom. The highest BCUT2D eigenvalue weighted by molar-refractivity contribution is 8.15. The maximum atomic E-state index is 12.2. The van der Waals surface area contributed by atoms with Gasteiger partial charge in [-0.05, 0) is 19.1 Å². The van der Waals surface area contributed by atoms with Crippen LogP contribution in [0.5, 0.6) is 0 Å². The SMILES string of the molecule is C[C@@]1(CC(=O)Nc2ccccc2)NN=C(c2ccccc2)S1. The summed E-state index contributed by atoms with van der Waals surface area (Å²) in [6.07, 6.45) is 0.340. The molecule has 2 aromatic carbocycles. The van der Waals surface area contributed by atoms with Gasteiger partial charge < -0.3 is 5.32 Å². The predicted octanol–water partition coefficient (Wildman–Crippen LogP) is 3.43. The number of rotatable bonds is 4. The second-order valence-electron chi connectivity index (χ2n) is 5.32. The smallest absolute Gasteiger partial charge is 0.227 e. The van der Waals surface area contributed by atoms with Crippen LogP contribution in [0.1, 0.15) is 18.9 Å². The summed E-state index contributed by atoms with van der Waals surface area (Å²) in [7, 11) is 0. The fraction of sp³-hybridized carbons (Fsp3) is 0.176. The Bertz CT molecular complexity index is 688. The molecule has 0 unspecified atom stereocenters. The molecule has 112 valence electrons. The van der Waals surface area contributed by atoms with E-state index in [2.05, 4.69) is 15.8 Å². The lowest BCUT2D eigenvalue weighted by atomic mass is 10.2. The van der Waals surface area contributed by atoms with Crippen molar-refractivity contribution in [2.75, 3.05) is 5.32 Å². The van der Waals surface area contributed by atoms with Gasteiger partial charge >= 0.3 is 0 Å². The number of carbonyl (C=O) groups excluding carboxylic acids is 1. The molecule has 1 amide bonds. The van der Waals surface area contributed by atoms with Crippen molar-refractivity contribution in [3.05, 3.63) is 66.2 Å². The van der Waals surface area contributed by atoms with Crippen LogP contribution < -0.4 is 10.7 Å². The summed E-state index contributed by atoms with van der Waals surface area (Å²) < 4.78 is 0. The topological polar surface area (TPSA) is 53.5 Å². The molecule has 0 saturated carbocycles. The van der Waals surface area contributed by atoms with E-state index in [1.54, 1.807) is 11.8 Å². The van der Waals surface area contributed by atoms with Crippen molar-refractivity contribution < 1.29 is 4.79 Å². The molecule has 0 bridgehead atoms. The Kier molecular flexibility index (Phi) is 4.15. The zero-order valence-electron chi connectivity index (χ0n) is 12.2. The van der Waals surface area contributed by atoms with Crippen LogP contribution in [0.25, 0.3) is 0 Å². The van der Waals surface area contributed by atoms with Crippen molar-refractivity contribution in [1.29, 1.82) is 0 Å². The molecule has 5 heteroatoms. The van der Waals surface area contributed by atoms with Gasteiger partial charge in [-0.3, -0.25) is 10.2 Å². The van der Waals surface area contributed by atoms with E-state index < -0.39 is 4.87 Å². The average Bonchev–Trinajstić information content (AvgIpc) is 2.91. The van der Waals surface area contributed by atoms with Gasteiger partial charge in [0, 0.05) is 11.3 Å². The summed E-state index contributed by atoms with van der Waals surface area (Å²) in [5, 5.41) is 8.19. The van der Waals surface area contributed by atoms with Gasteiger partial charge in [0.25, 0.3) is 0 Å². The third kappa shape index (κ3) is 3.49. The number of amides is 1. The summed E-state index contributed by atoms with van der Waals surface area (Å²) >= 11 is 1.58. The monoisotopic (exact) mass is 311 g/mol. The average molecular weight is 311 g/mol. The first-order chi connectivity index (χ1) is 10.6. The van der Waals surface area contributed by atoms with Gasteiger partial charge in [0.15, 0.2) is 0 Å². The molecule has 0 saturated heterocycles. The number of nitrogens with zero attached hydrogens (tertiary/aromatic N) is 1. The molecule has 2 N–H and O–H groups in total. The van der Waals surface area contributed by atoms with Crippen LogP contribution in [-0.2, 0) is 4.79 Å². The molecule has 0 spiro atoms. The van der Waals surface area contributed by atoms with Gasteiger partial charge in [0.2, 0.25) is 5.91 Å². The van der Waals surface area contributed by atoms with E-state index in [9.17, 15) is 4.79 Å². The van der Waals surface area contributed by atoms with Gasteiger partial charge in [-0.2, -0.15) is 5.10 Å². The molecule has 4 nitrogen and oxygen atoms in total. The third-order valence-corrected chi connectivity index (χ3v) is 4.50. The summed E-state index contributed by atoms with van der Waals surface area (Å²) in [6.45, 7) is 1.99. The highest BCUT2D eigenvalue weighted by Crippen LogP contribution is 2.34. The minimum absolute atomic E-state index is 0.0294. The van der Waals surface area contributed by atoms with Crippen molar-refractivity contribution >= 4 is 28.4 Å². The molecule has 22 heavy (non-hydrogen) atoms. The summed E-state index contributed by atoms with van der Waals surface area (Å²) in [5.41, 5.74) is 4.96. The summed E-state index contributed by atoms with van der Waals surface area (Å²) in [4.78, 5) is 11.8. The molecule has 0 aromatic heterocycles. The molecule has 0 fully saturated rings. The number of benzene rings is 2. The van der Waals surface area contributed by atoms with Crippen molar-refractivity contribution in [2.24, 2.45) is 5.10 Å². The fourth-order valence-corrected chi connectivity index (χ4v) is 3.31. The third-order valence-electron chi connectivity index (χ3n) is 3.29. The fourth-order valence-electron chi connectivity index (χ4n) is 2.24. The van der Waals surface area contributed by atoms with Crippen LogP contribution in [0, 0.1) is 0 Å². The second-order valence-corrected chi connectivity index (χ2v) is 6.81. The van der Waals surface area contributed by atoms with Crippen LogP contribution in [0.3, 0.4) is 0 Å². The molecular weight excluding hydrogens is 294 g/mol. The Labute approximate surface area is 134 Å². The van der Waals surface area contributed by atoms with E-state index in [1.807, 2.05) is 67.6 Å². The van der Waals surface area contributed by atoms with Crippen LogP contribution in [0.4, 0.5) is 5.69 Å². The molecule has 1 heterocycles. The van der Waals surface area contributed by atoms with E-state index in [0.29, 0.717) is 6.42 Å². The van der Waals surface area contributed by atoms with E-state index in [1.165, 1.54) is 0 Å². The number of nitrogens with one attached hydrogen (secondary N) is 2. The van der Waals surface area contributed by atoms with Crippen molar-refractivity contribution in [1.82, 2.24) is 5.43 Å². The first-order valence-electron chi connectivity index (χ1n) is 7.09. The predicted molar refractivity (Wildman–Crippen MR) is 91.8 cm³/mol. The van der Waals surface area contributed by atoms with E-state index >= 15 is 0 Å². The van der Waals surface area contributed by atoms with Crippen molar-refractivity contribution in [2.45, 2.75) is 18.2 Å². The van der Waals surface area contributed by atoms with Gasteiger partial charge in [-0.15, -0.1) is 0 Å². The molecule has 0 radical (unpaired) electrons. The summed E-state index contributed by atoms with van der Waals surface area (Å²) in [6, 6.07) is 19.4. The number of hydrazone groups is 1. The molecule has 3 rings (SSSR count). The minimum atomic E-state index is -0.427. The van der Waals surface area contributed by atoms with Crippen LogP contribution in [0.2, 0.25) is 0 Å². The quantitative estimate of drug-likeness (QED) is 0.909. The molecule has 1 aliphatic rings. The number of hydrogen-bond donors (Lipinski definition) is 2. The van der Waals surface area contributed by atoms with Crippen molar-refractivity contribution in [3.63, 3.8) is 0 Å².